The minimum Gasteiger partial charge on any atom is -0.390 e. The third-order valence-electron chi connectivity index (χ3n) is 12.4. The van der Waals surface area contributed by atoms with E-state index in [1.54, 1.807) is 4.57 Å². The molecule has 1 aromatic carbocycles. The highest BCUT2D eigenvalue weighted by atomic mass is 16.6. The Balaban J connectivity index is 1.14. The Morgan fingerprint density at radius 2 is 1.85 bits per heavy atom. The van der Waals surface area contributed by atoms with Gasteiger partial charge in [-0.2, -0.15) is 0 Å². The van der Waals surface area contributed by atoms with E-state index in [-0.39, 0.29) is 23.3 Å². The largest absolute Gasteiger partial charge is 0.390 e. The molecule has 52 heavy (non-hydrogen) atoms. The third kappa shape index (κ3) is 8.01. The van der Waals surface area contributed by atoms with Crippen LogP contribution < -0.4 is 5.73 Å². The minimum atomic E-state index is -1.16. The van der Waals surface area contributed by atoms with Crippen LogP contribution in [0.5, 0.6) is 0 Å². The lowest BCUT2D eigenvalue weighted by Gasteiger charge is -2.53. The molecule has 3 aromatic heterocycles. The zero-order valence-electron chi connectivity index (χ0n) is 32.3. The number of aliphatic hydroxyl groups is 3. The zero-order valence-corrected chi connectivity index (χ0v) is 32.3. The Labute approximate surface area is 308 Å². The molecule has 0 spiro atoms. The van der Waals surface area contributed by atoms with Crippen LogP contribution in [0.2, 0.25) is 0 Å². The summed E-state index contributed by atoms with van der Waals surface area (Å²) < 4.78 is 8.02. The number of anilines is 1. The van der Waals surface area contributed by atoms with Crippen molar-refractivity contribution >= 4 is 28.0 Å². The molecule has 6 rings (SSSR count). The van der Waals surface area contributed by atoms with Gasteiger partial charge in [0.2, 0.25) is 0 Å². The second-order valence-corrected chi connectivity index (χ2v) is 16.8. The van der Waals surface area contributed by atoms with Gasteiger partial charge in [0.15, 0.2) is 17.7 Å². The van der Waals surface area contributed by atoms with Crippen LogP contribution in [0.1, 0.15) is 124 Å². The number of nitrogens with two attached hydrogens (primary N) is 1. The first-order valence-corrected chi connectivity index (χ1v) is 19.6. The summed E-state index contributed by atoms with van der Waals surface area (Å²) in [5.41, 5.74) is 9.78. The van der Waals surface area contributed by atoms with E-state index < -0.39 is 30.1 Å². The standard InChI is InChI=1S/C40H62N8O4/c1-8-10-11-17-39(5,6)26-13-14-28-29(20-26)46-32(45-28)15-12-25-19-30(27(25)16-18-40(7,51)9-2)47(24(3)4)21-31-34(49)35(50)38(52-31)48-23-44-33-36(41)42-22-43-37(33)48/h13-14,20,22-25,27,30-31,34-35,38,49-51H,8-12,15-19,21H2,1-7H3,(H,45,46)(H2,41,42,43). The topological polar surface area (TPSA) is 171 Å². The minimum absolute atomic E-state index is 0.126. The quantitative estimate of drug-likeness (QED) is 0.0810. The Morgan fingerprint density at radius 1 is 1.06 bits per heavy atom. The molecule has 0 bridgehead atoms. The van der Waals surface area contributed by atoms with E-state index in [9.17, 15) is 15.3 Å². The molecular formula is C40H62N8O4. The third-order valence-corrected chi connectivity index (χ3v) is 12.4. The molecule has 0 radical (unpaired) electrons. The molecule has 4 aromatic rings. The lowest BCUT2D eigenvalue weighted by atomic mass is 9.63. The first kappa shape index (κ1) is 38.6. The summed E-state index contributed by atoms with van der Waals surface area (Å²) in [6.45, 7) is 15.7. The lowest BCUT2D eigenvalue weighted by molar-refractivity contribution is -0.0839. The maximum atomic E-state index is 11.3. The number of nitrogens with zero attached hydrogens (tertiary/aromatic N) is 6. The van der Waals surface area contributed by atoms with Crippen LogP contribution in [0.4, 0.5) is 5.82 Å². The van der Waals surface area contributed by atoms with Crippen LogP contribution in [0.3, 0.4) is 0 Å². The number of hydrogen-bond acceptors (Lipinski definition) is 10. The monoisotopic (exact) mass is 718 g/mol. The summed E-state index contributed by atoms with van der Waals surface area (Å²) in [6, 6.07) is 7.16. The predicted molar refractivity (Wildman–Crippen MR) is 205 cm³/mol. The molecule has 286 valence electrons. The van der Waals surface area contributed by atoms with Gasteiger partial charge >= 0.3 is 0 Å². The highest BCUT2D eigenvalue weighted by molar-refractivity contribution is 5.81. The molecule has 2 fully saturated rings. The van der Waals surface area contributed by atoms with E-state index in [0.717, 1.165) is 49.0 Å². The van der Waals surface area contributed by atoms with Gasteiger partial charge in [0.25, 0.3) is 0 Å². The molecule has 12 heteroatoms. The van der Waals surface area contributed by atoms with Crippen LogP contribution in [-0.2, 0) is 16.6 Å². The van der Waals surface area contributed by atoms with E-state index in [2.05, 4.69) is 77.7 Å². The van der Waals surface area contributed by atoms with Crippen LogP contribution in [-0.4, -0.2) is 92.2 Å². The molecule has 1 saturated carbocycles. The zero-order chi connectivity index (χ0) is 37.4. The summed E-state index contributed by atoms with van der Waals surface area (Å²) in [4.78, 5) is 23.7. The summed E-state index contributed by atoms with van der Waals surface area (Å²) >= 11 is 0. The number of fused-ring (bicyclic) bond motifs is 2. The average molecular weight is 719 g/mol. The summed E-state index contributed by atoms with van der Waals surface area (Å²) in [6.07, 6.45) is 9.34. The average Bonchev–Trinajstić information content (AvgIpc) is 3.79. The van der Waals surface area contributed by atoms with E-state index in [1.165, 1.54) is 43.9 Å². The van der Waals surface area contributed by atoms with Crippen molar-refractivity contribution in [2.75, 3.05) is 12.3 Å². The number of hydrogen-bond donors (Lipinski definition) is 5. The van der Waals surface area contributed by atoms with E-state index in [4.69, 9.17) is 15.5 Å². The van der Waals surface area contributed by atoms with Crippen molar-refractivity contribution in [2.24, 2.45) is 11.8 Å². The fraction of sp³-hybridized carbons (Fsp3) is 0.700. The number of benzene rings is 1. The van der Waals surface area contributed by atoms with Gasteiger partial charge in [0.1, 0.15) is 36.0 Å². The maximum Gasteiger partial charge on any atom is 0.167 e. The van der Waals surface area contributed by atoms with Crippen molar-refractivity contribution in [3.63, 3.8) is 0 Å². The molecule has 1 saturated heterocycles. The number of rotatable bonds is 17. The number of aryl methyl sites for hydroxylation is 1. The number of nitrogen functional groups attached to an aromatic ring is 1. The number of aromatic nitrogens is 6. The first-order valence-electron chi connectivity index (χ1n) is 19.6. The van der Waals surface area contributed by atoms with Crippen LogP contribution >= 0.6 is 0 Å². The van der Waals surface area contributed by atoms with Crippen LogP contribution in [0.15, 0.2) is 30.9 Å². The maximum absolute atomic E-state index is 11.3. The lowest BCUT2D eigenvalue weighted by Crippen LogP contribution is -2.58. The highest BCUT2D eigenvalue weighted by Crippen LogP contribution is 2.46. The van der Waals surface area contributed by atoms with E-state index >= 15 is 0 Å². The fourth-order valence-electron chi connectivity index (χ4n) is 8.56. The van der Waals surface area contributed by atoms with Crippen molar-refractivity contribution in [1.82, 2.24) is 34.4 Å². The van der Waals surface area contributed by atoms with Gasteiger partial charge < -0.3 is 30.8 Å². The number of imidazole rings is 2. The van der Waals surface area contributed by atoms with Crippen molar-refractivity contribution in [3.8, 4) is 0 Å². The Bertz CT molecular complexity index is 1790. The van der Waals surface area contributed by atoms with Crippen molar-refractivity contribution in [2.45, 2.75) is 160 Å². The summed E-state index contributed by atoms with van der Waals surface area (Å²) in [5.74, 6) is 2.13. The molecule has 2 aliphatic rings. The number of nitrogens with one attached hydrogen (secondary N) is 1. The molecular weight excluding hydrogens is 656 g/mol. The number of H-pyrrole nitrogens is 1. The number of ether oxygens (including phenoxy) is 1. The summed E-state index contributed by atoms with van der Waals surface area (Å²) in [5, 5.41) is 33.4. The fourth-order valence-corrected chi connectivity index (χ4v) is 8.56. The number of unbranched alkanes of at least 4 members (excludes halogenated alkanes) is 2. The number of aliphatic hydroxyl groups excluding tert-OH is 2. The Kier molecular flexibility index (Phi) is 11.6. The van der Waals surface area contributed by atoms with Gasteiger partial charge in [-0.05, 0) is 94.2 Å². The van der Waals surface area contributed by atoms with Gasteiger partial charge in [-0.25, -0.2) is 19.9 Å². The van der Waals surface area contributed by atoms with Crippen LogP contribution in [0, 0.1) is 11.8 Å². The molecule has 8 unspecified atom stereocenters. The van der Waals surface area contributed by atoms with Gasteiger partial charge in [-0.15, -0.1) is 0 Å². The second-order valence-electron chi connectivity index (χ2n) is 16.8. The first-order chi connectivity index (χ1) is 24.7. The predicted octanol–water partition coefficient (Wildman–Crippen LogP) is 6.05. The smallest absolute Gasteiger partial charge is 0.167 e. The van der Waals surface area contributed by atoms with E-state index in [0.29, 0.717) is 36.0 Å². The number of aromatic amines is 1. The molecule has 4 heterocycles. The molecule has 8 atom stereocenters. The second kappa shape index (κ2) is 15.7. The molecule has 0 amide bonds. The van der Waals surface area contributed by atoms with E-state index in [1.807, 2.05) is 13.8 Å². The van der Waals surface area contributed by atoms with Gasteiger partial charge in [-0.1, -0.05) is 53.0 Å². The van der Waals surface area contributed by atoms with Gasteiger partial charge in [0.05, 0.1) is 23.0 Å². The van der Waals surface area contributed by atoms with Gasteiger partial charge in [0, 0.05) is 25.0 Å². The van der Waals surface area contributed by atoms with Gasteiger partial charge in [-0.3, -0.25) is 9.47 Å². The molecule has 6 N–H and O–H groups in total. The highest BCUT2D eigenvalue weighted by Gasteiger charge is 2.49. The molecule has 1 aliphatic heterocycles. The SMILES string of the molecule is CCCCCC(C)(C)c1ccc2nc(CCC3CC(N(CC4OC(n5cnc6c(N)ncnc65)C(O)C4O)C(C)C)C3CCC(C)(O)CC)[nH]c2c1. The Morgan fingerprint density at radius 3 is 2.58 bits per heavy atom. The van der Waals surface area contributed by atoms with Crippen molar-refractivity contribution in [3.05, 3.63) is 42.2 Å². The summed E-state index contributed by atoms with van der Waals surface area (Å²) in [7, 11) is 0. The van der Waals surface area contributed by atoms with Crippen molar-refractivity contribution < 1.29 is 20.1 Å². The van der Waals surface area contributed by atoms with Crippen LogP contribution in [0.25, 0.3) is 22.2 Å². The normalized spacial score (nSPS) is 26.5. The van der Waals surface area contributed by atoms with Crippen molar-refractivity contribution in [1.29, 1.82) is 0 Å². The molecule has 12 nitrogen and oxygen atoms in total. The molecule has 1 aliphatic carbocycles. The Hall–Kier alpha value is -3.16.